The average molecular weight is 264 g/mol. The van der Waals surface area contributed by atoms with Crippen molar-refractivity contribution in [3.05, 3.63) is 17.6 Å². The summed E-state index contributed by atoms with van der Waals surface area (Å²) in [5.74, 6) is 2.77. The molecular formula is C13H20N4S. The van der Waals surface area contributed by atoms with Crippen molar-refractivity contribution in [1.29, 1.82) is 0 Å². The number of nitrogen functional groups attached to an aromatic ring is 1. The number of fused-ring (bicyclic) bond motifs is 1. The summed E-state index contributed by atoms with van der Waals surface area (Å²) in [6.07, 6.45) is 6.39. The third-order valence-corrected chi connectivity index (χ3v) is 3.85. The van der Waals surface area contributed by atoms with Crippen LogP contribution in [0.1, 0.15) is 24.2 Å². The van der Waals surface area contributed by atoms with E-state index in [1.807, 2.05) is 24.9 Å². The fourth-order valence-electron chi connectivity index (χ4n) is 2.22. The molecule has 2 heterocycles. The first-order valence-corrected chi connectivity index (χ1v) is 7.61. The highest BCUT2D eigenvalue weighted by Gasteiger charge is 2.12. The van der Waals surface area contributed by atoms with Crippen LogP contribution < -0.4 is 5.73 Å². The van der Waals surface area contributed by atoms with Gasteiger partial charge in [0.15, 0.2) is 5.82 Å². The summed E-state index contributed by atoms with van der Waals surface area (Å²) in [5.41, 5.74) is 9.02. The fraction of sp³-hybridized carbons (Fsp3) is 0.538. The summed E-state index contributed by atoms with van der Waals surface area (Å²) < 4.78 is 2.27. The second kappa shape index (κ2) is 5.61. The van der Waals surface area contributed by atoms with Crippen LogP contribution in [0, 0.1) is 13.8 Å². The van der Waals surface area contributed by atoms with E-state index < -0.39 is 0 Å². The lowest BCUT2D eigenvalue weighted by Gasteiger charge is -2.08. The topological polar surface area (TPSA) is 56.7 Å². The number of anilines is 1. The molecule has 0 bridgehead atoms. The number of hydrogen-bond acceptors (Lipinski definition) is 4. The SMILES string of the molecule is CSCCCCn1c(C)nc2c(N)ncc(C)c21. The summed E-state index contributed by atoms with van der Waals surface area (Å²) in [6.45, 7) is 5.11. The van der Waals surface area contributed by atoms with Crippen LogP contribution in [0.25, 0.3) is 11.0 Å². The predicted molar refractivity (Wildman–Crippen MR) is 79.0 cm³/mol. The van der Waals surface area contributed by atoms with Crippen molar-refractivity contribution in [3.8, 4) is 0 Å². The third-order valence-electron chi connectivity index (χ3n) is 3.15. The molecule has 0 radical (unpaired) electrons. The van der Waals surface area contributed by atoms with Gasteiger partial charge in [-0.15, -0.1) is 0 Å². The molecule has 0 fully saturated rings. The van der Waals surface area contributed by atoms with Crippen molar-refractivity contribution in [3.63, 3.8) is 0 Å². The fourth-order valence-corrected chi connectivity index (χ4v) is 2.71. The van der Waals surface area contributed by atoms with Crippen LogP contribution in [0.5, 0.6) is 0 Å². The maximum Gasteiger partial charge on any atom is 0.151 e. The van der Waals surface area contributed by atoms with Gasteiger partial charge in [0.05, 0.1) is 5.52 Å². The first kappa shape index (κ1) is 13.2. The normalized spacial score (nSPS) is 11.3. The summed E-state index contributed by atoms with van der Waals surface area (Å²) in [5, 5.41) is 0. The Bertz CT molecular complexity index is 547. The van der Waals surface area contributed by atoms with Gasteiger partial charge in [0.1, 0.15) is 11.3 Å². The summed E-state index contributed by atoms with van der Waals surface area (Å²) in [4.78, 5) is 8.71. The standard InChI is InChI=1S/C13H20N4S/c1-9-8-15-13(14)11-12(9)17(10(2)16-11)6-4-5-7-18-3/h8H,4-7H2,1-3H3,(H2,14,15). The minimum atomic E-state index is 0.529. The van der Waals surface area contributed by atoms with Gasteiger partial charge in [-0.2, -0.15) is 11.8 Å². The number of unbranched alkanes of at least 4 members (excludes halogenated alkanes) is 1. The van der Waals surface area contributed by atoms with Crippen LogP contribution >= 0.6 is 11.8 Å². The highest BCUT2D eigenvalue weighted by molar-refractivity contribution is 7.98. The first-order chi connectivity index (χ1) is 8.65. The van der Waals surface area contributed by atoms with Gasteiger partial charge >= 0.3 is 0 Å². The maximum absolute atomic E-state index is 5.89. The molecule has 2 N–H and O–H groups in total. The smallest absolute Gasteiger partial charge is 0.151 e. The van der Waals surface area contributed by atoms with Crippen LogP contribution in [0.2, 0.25) is 0 Å². The minimum Gasteiger partial charge on any atom is -0.382 e. The Hall–Kier alpha value is -1.23. The number of pyridine rings is 1. The number of thioether (sulfide) groups is 1. The quantitative estimate of drug-likeness (QED) is 0.844. The molecule has 0 aliphatic rings. The van der Waals surface area contributed by atoms with Crippen molar-refractivity contribution in [2.24, 2.45) is 0 Å². The molecule has 0 aliphatic heterocycles. The van der Waals surface area contributed by atoms with Gasteiger partial charge in [-0.25, -0.2) is 9.97 Å². The molecule has 0 aliphatic carbocycles. The third kappa shape index (κ3) is 2.46. The summed E-state index contributed by atoms with van der Waals surface area (Å²) in [6, 6.07) is 0. The highest BCUT2D eigenvalue weighted by Crippen LogP contribution is 2.23. The maximum atomic E-state index is 5.89. The Morgan fingerprint density at radius 1 is 1.33 bits per heavy atom. The molecule has 2 aromatic rings. The van der Waals surface area contributed by atoms with E-state index in [0.29, 0.717) is 5.82 Å². The van der Waals surface area contributed by atoms with Crippen molar-refractivity contribution < 1.29 is 0 Å². The van der Waals surface area contributed by atoms with Crippen LogP contribution in [-0.4, -0.2) is 26.5 Å². The van der Waals surface area contributed by atoms with Crippen LogP contribution in [0.3, 0.4) is 0 Å². The summed E-state index contributed by atoms with van der Waals surface area (Å²) in [7, 11) is 0. The molecule has 0 aromatic carbocycles. The van der Waals surface area contributed by atoms with Crippen LogP contribution in [0.15, 0.2) is 6.20 Å². The number of aromatic nitrogens is 3. The Labute approximate surface area is 112 Å². The second-order valence-electron chi connectivity index (χ2n) is 4.53. The van der Waals surface area contributed by atoms with Gasteiger partial charge in [0.25, 0.3) is 0 Å². The Morgan fingerprint density at radius 3 is 2.83 bits per heavy atom. The predicted octanol–water partition coefficient (Wildman–Crippen LogP) is 2.77. The molecule has 5 heteroatoms. The first-order valence-electron chi connectivity index (χ1n) is 6.22. The zero-order chi connectivity index (χ0) is 13.1. The zero-order valence-corrected chi connectivity index (χ0v) is 12.0. The number of rotatable bonds is 5. The van der Waals surface area contributed by atoms with Crippen molar-refractivity contribution in [1.82, 2.24) is 14.5 Å². The minimum absolute atomic E-state index is 0.529. The van der Waals surface area contributed by atoms with E-state index in [1.165, 1.54) is 18.6 Å². The molecule has 2 rings (SSSR count). The molecule has 0 spiro atoms. The molecule has 4 nitrogen and oxygen atoms in total. The number of nitrogens with two attached hydrogens (primary N) is 1. The lowest BCUT2D eigenvalue weighted by Crippen LogP contribution is -2.02. The molecule has 0 saturated carbocycles. The lowest BCUT2D eigenvalue weighted by molar-refractivity contribution is 0.633. The van der Waals surface area contributed by atoms with E-state index in [0.717, 1.165) is 29.0 Å². The van der Waals surface area contributed by atoms with Crippen LogP contribution in [-0.2, 0) is 6.54 Å². The van der Waals surface area contributed by atoms with E-state index in [-0.39, 0.29) is 0 Å². The second-order valence-corrected chi connectivity index (χ2v) is 5.52. The van der Waals surface area contributed by atoms with Crippen molar-refractivity contribution in [2.45, 2.75) is 33.2 Å². The van der Waals surface area contributed by atoms with Gasteiger partial charge in [0.2, 0.25) is 0 Å². The molecule has 0 atom stereocenters. The molecular weight excluding hydrogens is 244 g/mol. The van der Waals surface area contributed by atoms with Crippen molar-refractivity contribution >= 4 is 28.6 Å². The number of aryl methyl sites for hydroxylation is 3. The highest BCUT2D eigenvalue weighted by atomic mass is 32.2. The molecule has 98 valence electrons. The number of imidazole rings is 1. The van der Waals surface area contributed by atoms with Gasteiger partial charge < -0.3 is 10.3 Å². The number of nitrogens with zero attached hydrogens (tertiary/aromatic N) is 3. The van der Waals surface area contributed by atoms with Crippen molar-refractivity contribution in [2.75, 3.05) is 17.7 Å². The van der Waals surface area contributed by atoms with E-state index in [2.05, 4.69) is 27.7 Å². The van der Waals surface area contributed by atoms with Gasteiger partial charge in [-0.05, 0) is 44.3 Å². The average Bonchev–Trinajstić information content (AvgIpc) is 2.68. The van der Waals surface area contributed by atoms with Gasteiger partial charge in [-0.3, -0.25) is 0 Å². The monoisotopic (exact) mass is 264 g/mol. The van der Waals surface area contributed by atoms with E-state index in [1.54, 1.807) is 0 Å². The number of hydrogen-bond donors (Lipinski definition) is 1. The summed E-state index contributed by atoms with van der Waals surface area (Å²) >= 11 is 1.90. The zero-order valence-electron chi connectivity index (χ0n) is 11.2. The Morgan fingerprint density at radius 2 is 2.11 bits per heavy atom. The van der Waals surface area contributed by atoms with E-state index >= 15 is 0 Å². The van der Waals surface area contributed by atoms with Gasteiger partial charge in [-0.1, -0.05) is 0 Å². The molecule has 2 aromatic heterocycles. The van der Waals surface area contributed by atoms with Crippen LogP contribution in [0.4, 0.5) is 5.82 Å². The largest absolute Gasteiger partial charge is 0.382 e. The molecule has 0 saturated heterocycles. The molecule has 0 amide bonds. The Kier molecular flexibility index (Phi) is 4.11. The molecule has 18 heavy (non-hydrogen) atoms. The van der Waals surface area contributed by atoms with E-state index in [4.69, 9.17) is 5.73 Å². The Balaban J connectivity index is 2.32. The van der Waals surface area contributed by atoms with E-state index in [9.17, 15) is 0 Å². The van der Waals surface area contributed by atoms with Gasteiger partial charge in [0, 0.05) is 12.7 Å². The molecule has 0 unspecified atom stereocenters. The lowest BCUT2D eigenvalue weighted by atomic mass is 10.2.